The van der Waals surface area contributed by atoms with Gasteiger partial charge in [0, 0.05) is 28.2 Å². The first-order valence-electron chi connectivity index (χ1n) is 5.61. The molecule has 2 aromatic rings. The Bertz CT molecular complexity index is 651. The van der Waals surface area contributed by atoms with Crippen LogP contribution in [0.4, 0.5) is 18.9 Å². The Morgan fingerprint density at radius 2 is 1.84 bits per heavy atom. The number of fused-ring (bicyclic) bond motifs is 1. The smallest absolute Gasteiger partial charge is 0.387 e. The minimum absolute atomic E-state index is 0.105. The topological polar surface area (TPSA) is 24.9 Å². The molecule has 2 rings (SSSR count). The molecule has 6 heteroatoms. The molecule has 0 radical (unpaired) electrons. The first kappa shape index (κ1) is 14.1. The van der Waals surface area contributed by atoms with Crippen LogP contribution in [0.2, 0.25) is 0 Å². The molecule has 2 nitrogen and oxygen atoms in total. The van der Waals surface area contributed by atoms with Gasteiger partial charge < -0.3 is 5.32 Å². The van der Waals surface area contributed by atoms with Crippen LogP contribution in [0.15, 0.2) is 16.6 Å². The highest BCUT2D eigenvalue weighted by Gasteiger charge is 2.36. The molecule has 1 aromatic carbocycles. The van der Waals surface area contributed by atoms with Crippen LogP contribution in [0.5, 0.6) is 0 Å². The molecule has 0 saturated carbocycles. The lowest BCUT2D eigenvalue weighted by molar-refractivity contribution is -0.141. The minimum Gasteiger partial charge on any atom is -0.387 e. The normalized spacial score (nSPS) is 11.9. The summed E-state index contributed by atoms with van der Waals surface area (Å²) in [4.78, 5) is 3.82. The maximum atomic E-state index is 13.0. The van der Waals surface area contributed by atoms with Gasteiger partial charge in [-0.05, 0) is 25.5 Å². The number of pyridine rings is 1. The van der Waals surface area contributed by atoms with Crippen molar-refractivity contribution < 1.29 is 13.2 Å². The van der Waals surface area contributed by atoms with Gasteiger partial charge in [-0.25, -0.2) is 4.98 Å². The van der Waals surface area contributed by atoms with E-state index in [1.165, 1.54) is 6.92 Å². The second kappa shape index (κ2) is 4.67. The third-order valence-corrected chi connectivity index (χ3v) is 3.71. The average Bonchev–Trinajstić information content (AvgIpc) is 2.32. The molecule has 0 aliphatic rings. The number of nitrogens with one attached hydrogen (secondary N) is 1. The van der Waals surface area contributed by atoms with Gasteiger partial charge in [0.15, 0.2) is 0 Å². The number of halogens is 4. The Morgan fingerprint density at radius 3 is 2.37 bits per heavy atom. The second-order valence-electron chi connectivity index (χ2n) is 4.30. The van der Waals surface area contributed by atoms with E-state index in [4.69, 9.17) is 0 Å². The molecule has 1 aromatic heterocycles. The third kappa shape index (κ3) is 2.29. The van der Waals surface area contributed by atoms with E-state index in [0.717, 1.165) is 4.47 Å². The monoisotopic (exact) mass is 332 g/mol. The summed E-state index contributed by atoms with van der Waals surface area (Å²) >= 11 is 3.37. The van der Waals surface area contributed by atoms with E-state index in [1.807, 2.05) is 6.07 Å². The molecule has 0 saturated heterocycles. The molecule has 1 heterocycles. The molecule has 0 aliphatic heterocycles. The molecule has 0 bridgehead atoms. The zero-order valence-electron chi connectivity index (χ0n) is 10.6. The van der Waals surface area contributed by atoms with E-state index in [-0.39, 0.29) is 5.56 Å². The summed E-state index contributed by atoms with van der Waals surface area (Å²) in [6.45, 7) is 3.17. The van der Waals surface area contributed by atoms with Crippen LogP contribution in [-0.4, -0.2) is 12.0 Å². The highest BCUT2D eigenvalue weighted by molar-refractivity contribution is 9.10. The lowest BCUT2D eigenvalue weighted by Gasteiger charge is -2.17. The highest BCUT2D eigenvalue weighted by Crippen LogP contribution is 2.40. The van der Waals surface area contributed by atoms with Crippen LogP contribution in [-0.2, 0) is 6.18 Å². The summed E-state index contributed by atoms with van der Waals surface area (Å²) in [5, 5.41) is 3.52. The minimum atomic E-state index is -4.46. The van der Waals surface area contributed by atoms with Crippen LogP contribution < -0.4 is 5.32 Å². The van der Waals surface area contributed by atoms with Gasteiger partial charge in [-0.3, -0.25) is 0 Å². The number of rotatable bonds is 1. The van der Waals surface area contributed by atoms with E-state index in [2.05, 4.69) is 26.2 Å². The Kier molecular flexibility index (Phi) is 3.47. The fourth-order valence-electron chi connectivity index (χ4n) is 2.14. The second-order valence-corrected chi connectivity index (χ2v) is 5.15. The Balaban J connectivity index is 2.99. The van der Waals surface area contributed by atoms with Gasteiger partial charge in [-0.1, -0.05) is 22.0 Å². The number of aromatic nitrogens is 1. The van der Waals surface area contributed by atoms with E-state index in [0.29, 0.717) is 22.2 Å². The number of anilines is 1. The summed E-state index contributed by atoms with van der Waals surface area (Å²) in [6.07, 6.45) is -4.46. The SMILES string of the molecule is CNc1c(C)c(C(F)(F)F)nc2c(C)ccc(Br)c12. The summed E-state index contributed by atoms with van der Waals surface area (Å²) in [5.74, 6) is 0. The van der Waals surface area contributed by atoms with Gasteiger partial charge >= 0.3 is 6.18 Å². The Morgan fingerprint density at radius 1 is 1.21 bits per heavy atom. The summed E-state index contributed by atoms with van der Waals surface area (Å²) in [6, 6.07) is 3.56. The van der Waals surface area contributed by atoms with Crippen molar-refractivity contribution in [2.45, 2.75) is 20.0 Å². The number of benzene rings is 1. The molecule has 0 unspecified atom stereocenters. The fourth-order valence-corrected chi connectivity index (χ4v) is 2.66. The molecule has 0 atom stereocenters. The van der Waals surface area contributed by atoms with Crippen molar-refractivity contribution in [2.75, 3.05) is 12.4 Å². The van der Waals surface area contributed by atoms with Crippen molar-refractivity contribution in [3.8, 4) is 0 Å². The molecule has 19 heavy (non-hydrogen) atoms. The largest absolute Gasteiger partial charge is 0.433 e. The van der Waals surface area contributed by atoms with Crippen LogP contribution >= 0.6 is 15.9 Å². The molecule has 0 aliphatic carbocycles. The number of aryl methyl sites for hydroxylation is 1. The van der Waals surface area contributed by atoms with E-state index >= 15 is 0 Å². The van der Waals surface area contributed by atoms with Gasteiger partial charge in [0.25, 0.3) is 0 Å². The first-order valence-corrected chi connectivity index (χ1v) is 6.41. The maximum absolute atomic E-state index is 13.0. The van der Waals surface area contributed by atoms with Crippen molar-refractivity contribution in [2.24, 2.45) is 0 Å². The third-order valence-electron chi connectivity index (χ3n) is 3.05. The molecule has 0 fully saturated rings. The summed E-state index contributed by atoms with van der Waals surface area (Å²) in [7, 11) is 1.61. The molecular formula is C13H12BrF3N2. The van der Waals surface area contributed by atoms with Crippen LogP contribution in [0, 0.1) is 13.8 Å². The van der Waals surface area contributed by atoms with Crippen molar-refractivity contribution in [1.29, 1.82) is 0 Å². The van der Waals surface area contributed by atoms with Gasteiger partial charge in [0.1, 0.15) is 5.69 Å². The number of hydrogen-bond acceptors (Lipinski definition) is 2. The maximum Gasteiger partial charge on any atom is 0.433 e. The number of hydrogen-bond donors (Lipinski definition) is 1. The van der Waals surface area contributed by atoms with Gasteiger partial charge in [-0.2, -0.15) is 13.2 Å². The van der Waals surface area contributed by atoms with Crippen molar-refractivity contribution >= 4 is 32.5 Å². The van der Waals surface area contributed by atoms with Crippen LogP contribution in [0.3, 0.4) is 0 Å². The van der Waals surface area contributed by atoms with Gasteiger partial charge in [-0.15, -0.1) is 0 Å². The lowest BCUT2D eigenvalue weighted by atomic mass is 10.0. The Labute approximate surface area is 117 Å². The quantitative estimate of drug-likeness (QED) is 0.820. The standard InChI is InChI=1S/C13H12BrF3N2/c1-6-4-5-8(14)9-10(6)19-12(13(15,16)17)7(2)11(9)18-3/h4-5H,1-3H3,(H,18,19). The average molecular weight is 333 g/mol. The van der Waals surface area contributed by atoms with Crippen molar-refractivity contribution in [1.82, 2.24) is 4.98 Å². The summed E-state index contributed by atoms with van der Waals surface area (Å²) in [5.41, 5.74) is 0.782. The first-order chi connectivity index (χ1) is 8.77. The molecule has 0 spiro atoms. The molecular weight excluding hydrogens is 321 g/mol. The van der Waals surface area contributed by atoms with Gasteiger partial charge in [0.05, 0.1) is 5.52 Å². The predicted octanol–water partition coefficient (Wildman–Crippen LogP) is 4.67. The number of alkyl halides is 3. The van der Waals surface area contributed by atoms with E-state index < -0.39 is 11.9 Å². The molecule has 0 amide bonds. The number of nitrogens with zero attached hydrogens (tertiary/aromatic N) is 1. The zero-order chi connectivity index (χ0) is 14.4. The lowest BCUT2D eigenvalue weighted by Crippen LogP contribution is -2.13. The van der Waals surface area contributed by atoms with Gasteiger partial charge in [0.2, 0.25) is 0 Å². The summed E-state index contributed by atoms with van der Waals surface area (Å²) < 4.78 is 39.8. The molecule has 1 N–H and O–H groups in total. The zero-order valence-corrected chi connectivity index (χ0v) is 12.2. The van der Waals surface area contributed by atoms with Crippen molar-refractivity contribution in [3.63, 3.8) is 0 Å². The van der Waals surface area contributed by atoms with Crippen molar-refractivity contribution in [3.05, 3.63) is 33.4 Å². The van der Waals surface area contributed by atoms with Crippen LogP contribution in [0.25, 0.3) is 10.9 Å². The highest BCUT2D eigenvalue weighted by atomic mass is 79.9. The van der Waals surface area contributed by atoms with Crippen LogP contribution in [0.1, 0.15) is 16.8 Å². The molecule has 102 valence electrons. The van der Waals surface area contributed by atoms with E-state index in [1.54, 1.807) is 20.0 Å². The van der Waals surface area contributed by atoms with E-state index in [9.17, 15) is 13.2 Å². The fraction of sp³-hybridized carbons (Fsp3) is 0.308. The predicted molar refractivity (Wildman–Crippen MR) is 73.5 cm³/mol. The Hall–Kier alpha value is -1.30.